The quantitative estimate of drug-likeness (QED) is 0.545. The first-order valence-electron chi connectivity index (χ1n) is 7.79. The molecular weight excluding hydrogens is 300 g/mol. The molecule has 0 aliphatic heterocycles. The molecule has 22 heavy (non-hydrogen) atoms. The number of nitrogens with zero attached hydrogens (tertiary/aromatic N) is 2. The second-order valence-electron chi connectivity index (χ2n) is 7.79. The molecule has 2 nitrogen and oxygen atoms in total. The zero-order valence-electron chi connectivity index (χ0n) is 14.5. The fraction of sp³-hybridized carbons (Fsp3) is 0.333. The summed E-state index contributed by atoms with van der Waals surface area (Å²) in [4.78, 5) is 0. The Bertz CT molecular complexity index is 586. The van der Waals surface area contributed by atoms with E-state index in [-0.39, 0.29) is 0 Å². The van der Waals surface area contributed by atoms with Crippen molar-refractivity contribution in [1.29, 1.82) is 0 Å². The van der Waals surface area contributed by atoms with Gasteiger partial charge in [-0.1, -0.05) is 73.9 Å². The Morgan fingerprint density at radius 3 is 1.00 bits per heavy atom. The average molecular weight is 327 g/mol. The van der Waals surface area contributed by atoms with Crippen molar-refractivity contribution in [2.24, 2.45) is 10.2 Å². The number of hydrogen-bond donors (Lipinski definition) is 0. The van der Waals surface area contributed by atoms with Crippen molar-refractivity contribution in [3.63, 3.8) is 0 Å². The first-order chi connectivity index (χ1) is 10.2. The monoisotopic (exact) mass is 326 g/mol. The van der Waals surface area contributed by atoms with Crippen molar-refractivity contribution in [2.45, 2.75) is 39.3 Å². The molecule has 0 radical (unpaired) electrons. The van der Waals surface area contributed by atoms with Gasteiger partial charge < -0.3 is 0 Å². The summed E-state index contributed by atoms with van der Waals surface area (Å²) >= 11 is 0. The smallest absolute Gasteiger partial charge is 0.0856 e. The van der Waals surface area contributed by atoms with Crippen LogP contribution in [-0.4, -0.2) is 16.1 Å². The predicted octanol–water partition coefficient (Wildman–Crippen LogP) is 5.19. The van der Waals surface area contributed by atoms with Gasteiger partial charge in [0.15, 0.2) is 0 Å². The molecule has 2 aromatic carbocycles. The highest BCUT2D eigenvalue weighted by atomic mass is 28.3. The normalized spacial score (nSPS) is 12.8. The first kappa shape index (κ1) is 16.8. The summed E-state index contributed by atoms with van der Waals surface area (Å²) in [7, 11) is -2.47. The number of benzene rings is 2. The Kier molecular flexibility index (Phi) is 4.82. The molecular formula is C18H26N2Si2. The molecule has 0 aliphatic carbocycles. The van der Waals surface area contributed by atoms with Crippen LogP contribution in [-0.2, 0) is 0 Å². The second kappa shape index (κ2) is 6.30. The third kappa shape index (κ3) is 4.48. The van der Waals surface area contributed by atoms with Crippen LogP contribution in [0.1, 0.15) is 0 Å². The van der Waals surface area contributed by atoms with Gasteiger partial charge in [0, 0.05) is 0 Å². The van der Waals surface area contributed by atoms with Crippen LogP contribution in [0.15, 0.2) is 58.8 Å². The van der Waals surface area contributed by atoms with Crippen LogP contribution in [0.3, 0.4) is 0 Å². The van der Waals surface area contributed by atoms with Crippen LogP contribution in [0.5, 0.6) is 0 Å². The van der Waals surface area contributed by atoms with Crippen LogP contribution >= 0.6 is 0 Å². The van der Waals surface area contributed by atoms with Crippen molar-refractivity contribution in [3.05, 3.63) is 48.5 Å². The fourth-order valence-electron chi connectivity index (χ4n) is 2.17. The maximum Gasteiger partial charge on any atom is 0.0856 e. The summed E-state index contributed by atoms with van der Waals surface area (Å²) in [6.07, 6.45) is 0. The molecule has 0 spiro atoms. The zero-order chi connectivity index (χ0) is 16.4. The third-order valence-electron chi connectivity index (χ3n) is 3.75. The molecule has 0 aliphatic rings. The lowest BCUT2D eigenvalue weighted by Gasteiger charge is -2.16. The summed E-state index contributed by atoms with van der Waals surface area (Å²) < 4.78 is 0. The molecule has 0 saturated carbocycles. The molecule has 0 N–H and O–H groups in total. The molecule has 0 heterocycles. The van der Waals surface area contributed by atoms with Crippen LogP contribution in [0.4, 0.5) is 11.4 Å². The Morgan fingerprint density at radius 1 is 0.500 bits per heavy atom. The van der Waals surface area contributed by atoms with Gasteiger partial charge in [0.2, 0.25) is 0 Å². The molecule has 0 aromatic heterocycles. The Balaban J connectivity index is 2.12. The van der Waals surface area contributed by atoms with E-state index in [1.807, 2.05) is 0 Å². The first-order valence-corrected chi connectivity index (χ1v) is 14.8. The maximum absolute atomic E-state index is 4.34. The van der Waals surface area contributed by atoms with Crippen molar-refractivity contribution in [3.8, 4) is 0 Å². The van der Waals surface area contributed by atoms with Crippen molar-refractivity contribution >= 4 is 37.9 Å². The van der Waals surface area contributed by atoms with Gasteiger partial charge in [-0.25, -0.2) is 0 Å². The summed E-state index contributed by atoms with van der Waals surface area (Å²) in [6, 6.07) is 17.0. The van der Waals surface area contributed by atoms with Gasteiger partial charge in [0.1, 0.15) is 0 Å². The minimum absolute atomic E-state index is 0.913. The summed E-state index contributed by atoms with van der Waals surface area (Å²) in [5.74, 6) is 0. The molecule has 0 bridgehead atoms. The topological polar surface area (TPSA) is 24.7 Å². The minimum Gasteiger partial charge on any atom is -0.151 e. The van der Waals surface area contributed by atoms with Gasteiger partial charge in [-0.3, -0.25) is 0 Å². The highest BCUT2D eigenvalue weighted by Gasteiger charge is 2.16. The van der Waals surface area contributed by atoms with Crippen LogP contribution in [0.25, 0.3) is 0 Å². The Morgan fingerprint density at radius 2 is 0.773 bits per heavy atom. The van der Waals surface area contributed by atoms with Gasteiger partial charge in [-0.05, 0) is 24.3 Å². The van der Waals surface area contributed by atoms with Gasteiger partial charge in [0.25, 0.3) is 0 Å². The molecule has 2 rings (SSSR count). The predicted molar refractivity (Wildman–Crippen MR) is 103 cm³/mol. The molecule has 0 atom stereocenters. The van der Waals surface area contributed by atoms with E-state index >= 15 is 0 Å². The van der Waals surface area contributed by atoms with Gasteiger partial charge >= 0.3 is 0 Å². The van der Waals surface area contributed by atoms with Crippen molar-refractivity contribution in [2.75, 3.05) is 0 Å². The van der Waals surface area contributed by atoms with E-state index in [1.165, 1.54) is 10.4 Å². The van der Waals surface area contributed by atoms with Gasteiger partial charge in [-0.15, -0.1) is 0 Å². The Labute approximate surface area is 136 Å². The maximum atomic E-state index is 4.34. The SMILES string of the molecule is C[Si](C)(C)c1ccc(N=Nc2ccc([Si](C)(C)C)cc2)cc1. The second-order valence-corrected chi connectivity index (χ2v) is 17.9. The number of azo groups is 1. The van der Waals surface area contributed by atoms with Crippen LogP contribution in [0.2, 0.25) is 39.3 Å². The Hall–Kier alpha value is -1.53. The van der Waals surface area contributed by atoms with Crippen LogP contribution < -0.4 is 10.4 Å². The molecule has 116 valence electrons. The molecule has 4 heteroatoms. The van der Waals surface area contributed by atoms with E-state index in [1.54, 1.807) is 0 Å². The zero-order valence-corrected chi connectivity index (χ0v) is 16.5. The van der Waals surface area contributed by atoms with Gasteiger partial charge in [0.05, 0.1) is 27.5 Å². The molecule has 0 amide bonds. The largest absolute Gasteiger partial charge is 0.151 e. The highest BCUT2D eigenvalue weighted by molar-refractivity contribution is 6.89. The average Bonchev–Trinajstić information content (AvgIpc) is 2.44. The van der Waals surface area contributed by atoms with E-state index in [4.69, 9.17) is 0 Å². The van der Waals surface area contributed by atoms with Crippen molar-refractivity contribution < 1.29 is 0 Å². The molecule has 0 unspecified atom stereocenters. The lowest BCUT2D eigenvalue weighted by Crippen LogP contribution is -2.37. The van der Waals surface area contributed by atoms with E-state index in [2.05, 4.69) is 98.0 Å². The summed E-state index contributed by atoms with van der Waals surface area (Å²) in [5.41, 5.74) is 1.83. The van der Waals surface area contributed by atoms with E-state index in [0.717, 1.165) is 11.4 Å². The molecule has 0 fully saturated rings. The summed E-state index contributed by atoms with van der Waals surface area (Å²) in [6.45, 7) is 14.1. The molecule has 0 saturated heterocycles. The number of rotatable bonds is 4. The van der Waals surface area contributed by atoms with E-state index in [0.29, 0.717) is 0 Å². The van der Waals surface area contributed by atoms with Crippen molar-refractivity contribution in [1.82, 2.24) is 0 Å². The molecule has 2 aromatic rings. The van der Waals surface area contributed by atoms with E-state index < -0.39 is 16.1 Å². The minimum atomic E-state index is -1.24. The lowest BCUT2D eigenvalue weighted by molar-refractivity contribution is 1.23. The standard InChI is InChI=1S/C18H26N2Si2/c1-21(2,3)17-11-7-15(8-12-17)19-20-16-9-13-18(14-10-16)22(4,5)6/h7-14H,1-6H3. The lowest BCUT2D eigenvalue weighted by atomic mass is 10.3. The highest BCUT2D eigenvalue weighted by Crippen LogP contribution is 2.18. The number of hydrogen-bond acceptors (Lipinski definition) is 2. The third-order valence-corrected chi connectivity index (χ3v) is 7.88. The van der Waals surface area contributed by atoms with E-state index in [9.17, 15) is 0 Å². The van der Waals surface area contributed by atoms with Crippen LogP contribution in [0, 0.1) is 0 Å². The fourth-order valence-corrected chi connectivity index (χ4v) is 4.50. The summed E-state index contributed by atoms with van der Waals surface area (Å²) in [5, 5.41) is 11.6. The van der Waals surface area contributed by atoms with Gasteiger partial charge in [-0.2, -0.15) is 10.2 Å².